The van der Waals surface area contributed by atoms with E-state index in [0.717, 1.165) is 11.3 Å². The van der Waals surface area contributed by atoms with Crippen molar-refractivity contribution in [2.75, 3.05) is 13.7 Å². The second-order valence-corrected chi connectivity index (χ2v) is 12.0. The maximum Gasteiger partial charge on any atom is 0.508 e. The first-order chi connectivity index (χ1) is 15.6. The van der Waals surface area contributed by atoms with Crippen molar-refractivity contribution in [3.63, 3.8) is 0 Å². The minimum Gasteiger partial charge on any atom is -0.497 e. The number of aliphatic carboxylic acids is 1. The normalized spacial score (nSPS) is 15.7. The van der Waals surface area contributed by atoms with Crippen molar-refractivity contribution in [3.05, 3.63) is 29.8 Å². The first-order valence-corrected chi connectivity index (χ1v) is 12.1. The molecular formula is C24H35Cl3O7. The van der Waals surface area contributed by atoms with E-state index >= 15 is 0 Å². The molecule has 0 saturated heterocycles. The Labute approximate surface area is 216 Å². The minimum absolute atomic E-state index is 0.0205. The largest absolute Gasteiger partial charge is 0.508 e. The van der Waals surface area contributed by atoms with E-state index in [0.29, 0.717) is 19.4 Å². The van der Waals surface area contributed by atoms with Gasteiger partial charge in [0.1, 0.15) is 18.5 Å². The van der Waals surface area contributed by atoms with E-state index in [1.54, 1.807) is 7.11 Å². The number of alkyl halides is 3. The molecule has 1 N–H and O–H groups in total. The van der Waals surface area contributed by atoms with Gasteiger partial charge >= 0.3 is 12.1 Å². The number of hydrogen-bond donors (Lipinski definition) is 1. The van der Waals surface area contributed by atoms with Crippen LogP contribution in [-0.2, 0) is 25.6 Å². The third kappa shape index (κ3) is 11.8. The number of carbonyl (C=O) groups excluding carboxylic acids is 1. The van der Waals surface area contributed by atoms with Crippen molar-refractivity contribution in [3.8, 4) is 5.75 Å². The molecule has 10 heteroatoms. The van der Waals surface area contributed by atoms with Crippen LogP contribution >= 0.6 is 34.8 Å². The van der Waals surface area contributed by atoms with Gasteiger partial charge in [-0.3, -0.25) is 4.79 Å². The van der Waals surface area contributed by atoms with Crippen LogP contribution in [0.5, 0.6) is 5.75 Å². The van der Waals surface area contributed by atoms with Gasteiger partial charge in [-0.2, -0.15) is 0 Å². The quantitative estimate of drug-likeness (QED) is 0.234. The van der Waals surface area contributed by atoms with Crippen LogP contribution in [0, 0.1) is 17.3 Å². The number of hydrogen-bond acceptors (Lipinski definition) is 6. The number of benzene rings is 1. The Morgan fingerprint density at radius 2 is 1.62 bits per heavy atom. The molecule has 0 amide bonds. The third-order valence-corrected chi connectivity index (χ3v) is 5.70. The van der Waals surface area contributed by atoms with Crippen molar-refractivity contribution in [1.29, 1.82) is 0 Å². The van der Waals surface area contributed by atoms with Gasteiger partial charge in [-0.05, 0) is 48.8 Å². The number of ether oxygens (including phenoxy) is 4. The first-order valence-electron chi connectivity index (χ1n) is 11.0. The van der Waals surface area contributed by atoms with Crippen molar-refractivity contribution >= 4 is 46.9 Å². The van der Waals surface area contributed by atoms with Gasteiger partial charge in [0, 0.05) is 0 Å². The standard InChI is InChI=1S/C24H35Cl3O7/c1-15(11-19(16(2)21(28)29)34-22(30)33-14-24(25,26)27)12-20(23(3,4)5)32-13-17-7-9-18(31-6)10-8-17/h7-10,15-16,19-20H,11-14H2,1-6H3,(H,28,29). The Morgan fingerprint density at radius 3 is 2.09 bits per heavy atom. The van der Waals surface area contributed by atoms with E-state index in [1.807, 2.05) is 31.2 Å². The van der Waals surface area contributed by atoms with E-state index in [-0.39, 0.29) is 17.4 Å². The van der Waals surface area contributed by atoms with Crippen molar-refractivity contribution < 1.29 is 33.6 Å². The highest BCUT2D eigenvalue weighted by molar-refractivity contribution is 6.67. The van der Waals surface area contributed by atoms with E-state index in [9.17, 15) is 14.7 Å². The van der Waals surface area contributed by atoms with Crippen molar-refractivity contribution in [2.24, 2.45) is 17.3 Å². The maximum absolute atomic E-state index is 12.0. The summed E-state index contributed by atoms with van der Waals surface area (Å²) in [6, 6.07) is 7.65. The number of halogens is 3. The van der Waals surface area contributed by atoms with Crippen LogP contribution in [0.3, 0.4) is 0 Å². The average Bonchev–Trinajstić information content (AvgIpc) is 2.73. The number of carboxylic acid groups (broad SMARTS) is 1. The predicted octanol–water partition coefficient (Wildman–Crippen LogP) is 6.66. The summed E-state index contributed by atoms with van der Waals surface area (Å²) in [6.45, 7) is 9.61. The zero-order valence-electron chi connectivity index (χ0n) is 20.5. The molecule has 0 spiro atoms. The van der Waals surface area contributed by atoms with Crippen LogP contribution in [0.25, 0.3) is 0 Å². The van der Waals surface area contributed by atoms with Crippen LogP contribution in [0.15, 0.2) is 24.3 Å². The SMILES string of the molecule is COc1ccc(COC(CC(C)CC(OC(=O)OCC(Cl)(Cl)Cl)C(C)C(=O)O)C(C)(C)C)cc1. The van der Waals surface area contributed by atoms with Gasteiger partial charge in [0.2, 0.25) is 3.79 Å². The topological polar surface area (TPSA) is 91.3 Å². The van der Waals surface area contributed by atoms with Crippen LogP contribution in [0.1, 0.15) is 53.0 Å². The van der Waals surface area contributed by atoms with Gasteiger partial charge in [-0.25, -0.2) is 4.79 Å². The van der Waals surface area contributed by atoms with E-state index in [2.05, 4.69) is 20.8 Å². The van der Waals surface area contributed by atoms with Gasteiger partial charge in [0.15, 0.2) is 0 Å². The van der Waals surface area contributed by atoms with E-state index in [4.69, 9.17) is 53.8 Å². The summed E-state index contributed by atoms with van der Waals surface area (Å²) in [7, 11) is 1.62. The molecule has 0 aliphatic heterocycles. The summed E-state index contributed by atoms with van der Waals surface area (Å²) in [6.07, 6.45) is -1.19. The fourth-order valence-electron chi connectivity index (χ4n) is 3.26. The van der Waals surface area contributed by atoms with Crippen molar-refractivity contribution in [1.82, 2.24) is 0 Å². The molecule has 0 saturated carbocycles. The highest BCUT2D eigenvalue weighted by atomic mass is 35.6. The molecule has 1 rings (SSSR count). The Balaban J connectivity index is 2.81. The highest BCUT2D eigenvalue weighted by Gasteiger charge is 2.33. The van der Waals surface area contributed by atoms with Gasteiger partial charge in [-0.15, -0.1) is 0 Å². The number of carboxylic acids is 1. The summed E-state index contributed by atoms with van der Waals surface area (Å²) in [5.41, 5.74) is 0.846. The zero-order chi connectivity index (χ0) is 26.1. The lowest BCUT2D eigenvalue weighted by molar-refractivity contribution is -0.146. The second kappa shape index (κ2) is 13.6. The van der Waals surface area contributed by atoms with Crippen LogP contribution in [-0.4, -0.2) is 46.9 Å². The maximum atomic E-state index is 12.0. The molecule has 34 heavy (non-hydrogen) atoms. The van der Waals surface area contributed by atoms with Gasteiger partial charge in [0.25, 0.3) is 0 Å². The summed E-state index contributed by atoms with van der Waals surface area (Å²) < 4.78 is 19.7. The van der Waals surface area contributed by atoms with E-state index < -0.39 is 34.5 Å². The van der Waals surface area contributed by atoms with Gasteiger partial charge < -0.3 is 24.1 Å². The Hall–Kier alpha value is -1.41. The van der Waals surface area contributed by atoms with Gasteiger partial charge in [0.05, 0.1) is 25.7 Å². The lowest BCUT2D eigenvalue weighted by atomic mass is 9.81. The minimum atomic E-state index is -1.79. The average molecular weight is 542 g/mol. The lowest BCUT2D eigenvalue weighted by Gasteiger charge is -2.34. The molecule has 0 bridgehead atoms. The van der Waals surface area contributed by atoms with Crippen LogP contribution in [0.4, 0.5) is 4.79 Å². The van der Waals surface area contributed by atoms with Crippen LogP contribution in [0.2, 0.25) is 0 Å². The summed E-state index contributed by atoms with van der Waals surface area (Å²) in [4.78, 5) is 23.6. The second-order valence-electron chi connectivity index (χ2n) is 9.53. The zero-order valence-corrected chi connectivity index (χ0v) is 22.7. The molecule has 1 aromatic carbocycles. The molecule has 4 atom stereocenters. The molecule has 4 unspecified atom stereocenters. The Bertz CT molecular complexity index is 772. The fraction of sp³-hybridized carbons (Fsp3) is 0.667. The molecule has 1 aromatic rings. The molecular weight excluding hydrogens is 507 g/mol. The number of rotatable bonds is 12. The Morgan fingerprint density at radius 1 is 1.03 bits per heavy atom. The van der Waals surface area contributed by atoms with Gasteiger partial charge in [-0.1, -0.05) is 74.6 Å². The van der Waals surface area contributed by atoms with Crippen LogP contribution < -0.4 is 4.74 Å². The first kappa shape index (κ1) is 30.6. The predicted molar refractivity (Wildman–Crippen MR) is 133 cm³/mol. The van der Waals surface area contributed by atoms with E-state index in [1.165, 1.54) is 6.92 Å². The monoisotopic (exact) mass is 540 g/mol. The highest BCUT2D eigenvalue weighted by Crippen LogP contribution is 2.32. The third-order valence-electron chi connectivity index (χ3n) is 5.38. The number of carbonyl (C=O) groups is 2. The molecule has 0 aliphatic rings. The Kier molecular flexibility index (Phi) is 12.3. The molecule has 0 fully saturated rings. The summed E-state index contributed by atoms with van der Waals surface area (Å²) in [5.74, 6) is -1.28. The summed E-state index contributed by atoms with van der Waals surface area (Å²) >= 11 is 16.8. The summed E-state index contributed by atoms with van der Waals surface area (Å²) in [5, 5.41) is 9.47. The molecule has 0 heterocycles. The lowest BCUT2D eigenvalue weighted by Crippen LogP contribution is -2.35. The number of methoxy groups -OCH3 is 1. The molecule has 0 radical (unpaired) electrons. The van der Waals surface area contributed by atoms with Crippen molar-refractivity contribution in [2.45, 2.75) is 70.1 Å². The fourth-order valence-corrected chi connectivity index (χ4v) is 3.42. The molecule has 7 nitrogen and oxygen atoms in total. The molecule has 194 valence electrons. The smallest absolute Gasteiger partial charge is 0.497 e. The molecule has 0 aromatic heterocycles. The molecule has 0 aliphatic carbocycles.